The lowest BCUT2D eigenvalue weighted by Crippen LogP contribution is -2.30. The third kappa shape index (κ3) is 3.11. The van der Waals surface area contributed by atoms with Crippen LogP contribution in [0, 0.1) is 5.92 Å². The molecule has 1 aromatic rings. The van der Waals surface area contributed by atoms with Crippen LogP contribution in [-0.2, 0) is 9.53 Å². The largest absolute Gasteiger partial charge is 0.383 e. The van der Waals surface area contributed by atoms with Crippen LogP contribution in [0.2, 0.25) is 0 Å². The fourth-order valence-corrected chi connectivity index (χ4v) is 2.44. The van der Waals surface area contributed by atoms with E-state index >= 15 is 0 Å². The number of hydrogen-bond donors (Lipinski definition) is 2. The van der Waals surface area contributed by atoms with Crippen molar-refractivity contribution in [1.29, 1.82) is 0 Å². The lowest BCUT2D eigenvalue weighted by molar-refractivity contribution is -0.116. The van der Waals surface area contributed by atoms with Gasteiger partial charge in [0.15, 0.2) is 0 Å². The summed E-state index contributed by atoms with van der Waals surface area (Å²) < 4.78 is 5.17. The quantitative estimate of drug-likeness (QED) is 0.831. The third-order valence-electron chi connectivity index (χ3n) is 3.43. The highest BCUT2D eigenvalue weighted by Gasteiger charge is 2.27. The highest BCUT2D eigenvalue weighted by Crippen LogP contribution is 2.32. The first-order chi connectivity index (χ1) is 9.52. The fraction of sp³-hybridized carbons (Fsp3) is 0.533. The first-order valence-corrected chi connectivity index (χ1v) is 6.97. The summed E-state index contributed by atoms with van der Waals surface area (Å²) in [5, 5.41) is 2.83. The van der Waals surface area contributed by atoms with Crippen molar-refractivity contribution in [1.82, 2.24) is 0 Å². The number of fused-ring (bicyclic) bond motifs is 1. The van der Waals surface area contributed by atoms with Crippen LogP contribution in [-0.4, -0.2) is 32.7 Å². The summed E-state index contributed by atoms with van der Waals surface area (Å²) in [6.45, 7) is 6.82. The fourth-order valence-electron chi connectivity index (χ4n) is 2.44. The summed E-state index contributed by atoms with van der Waals surface area (Å²) in [6, 6.07) is 5.42. The van der Waals surface area contributed by atoms with Gasteiger partial charge in [0, 0.05) is 37.1 Å². The van der Waals surface area contributed by atoms with Gasteiger partial charge in [0.1, 0.15) is 6.04 Å². The van der Waals surface area contributed by atoms with Gasteiger partial charge in [-0.05, 0) is 18.1 Å². The predicted molar refractivity (Wildman–Crippen MR) is 80.9 cm³/mol. The van der Waals surface area contributed by atoms with Crippen LogP contribution in [0.4, 0.5) is 11.4 Å². The van der Waals surface area contributed by atoms with Gasteiger partial charge in [-0.3, -0.25) is 4.79 Å². The number of nitrogens with two attached hydrogens (primary N) is 1. The highest BCUT2D eigenvalue weighted by atomic mass is 16.5. The van der Waals surface area contributed by atoms with Crippen LogP contribution in [0.25, 0.3) is 0 Å². The average molecular weight is 277 g/mol. The van der Waals surface area contributed by atoms with Crippen LogP contribution < -0.4 is 16.0 Å². The number of nitrogens with zero attached hydrogens (tertiary/aromatic N) is 1. The maximum Gasteiger partial charge on any atom is 0.245 e. The molecule has 5 nitrogen and oxygen atoms in total. The summed E-state index contributed by atoms with van der Waals surface area (Å²) >= 11 is 0. The first-order valence-electron chi connectivity index (χ1n) is 6.97. The number of hydrogen-bond acceptors (Lipinski definition) is 4. The van der Waals surface area contributed by atoms with E-state index in [-0.39, 0.29) is 5.91 Å². The summed E-state index contributed by atoms with van der Waals surface area (Å²) in [5.41, 5.74) is 8.61. The Balaban J connectivity index is 2.22. The molecule has 1 aromatic carbocycles. The van der Waals surface area contributed by atoms with Crippen LogP contribution in [0.5, 0.6) is 0 Å². The number of anilines is 2. The number of amides is 1. The molecule has 1 aliphatic rings. The molecule has 110 valence electrons. The minimum atomic E-state index is -0.545. The molecule has 20 heavy (non-hydrogen) atoms. The first kappa shape index (κ1) is 14.8. The Morgan fingerprint density at radius 2 is 2.20 bits per heavy atom. The smallest absolute Gasteiger partial charge is 0.245 e. The topological polar surface area (TPSA) is 67.6 Å². The Bertz CT molecular complexity index is 488. The standard InChI is InChI=1S/C15H23N3O2/c1-10(2)9-18(6-7-20-3)11-4-5-12-13(8-11)17-15(19)14(12)16/h4-5,8,10,14H,6-7,9,16H2,1-3H3,(H,17,19). The molecule has 0 aromatic heterocycles. The van der Waals surface area contributed by atoms with Crippen LogP contribution >= 0.6 is 0 Å². The molecule has 0 saturated heterocycles. The van der Waals surface area contributed by atoms with Gasteiger partial charge >= 0.3 is 0 Å². The predicted octanol–water partition coefficient (Wildman–Crippen LogP) is 1.75. The molecule has 0 spiro atoms. The van der Waals surface area contributed by atoms with Crippen molar-refractivity contribution in [2.24, 2.45) is 11.7 Å². The van der Waals surface area contributed by atoms with E-state index in [1.165, 1.54) is 0 Å². The molecule has 1 aliphatic heterocycles. The van der Waals surface area contributed by atoms with Gasteiger partial charge in [0.05, 0.1) is 6.61 Å². The summed E-state index contributed by atoms with van der Waals surface area (Å²) in [4.78, 5) is 13.9. The van der Waals surface area contributed by atoms with E-state index in [2.05, 4.69) is 24.1 Å². The van der Waals surface area contributed by atoms with Gasteiger partial charge in [0.2, 0.25) is 5.91 Å². The Kier molecular flexibility index (Phi) is 4.62. The van der Waals surface area contributed by atoms with E-state index in [0.29, 0.717) is 12.5 Å². The Morgan fingerprint density at radius 1 is 1.45 bits per heavy atom. The van der Waals surface area contributed by atoms with Crippen molar-refractivity contribution in [3.8, 4) is 0 Å². The molecule has 2 rings (SSSR count). The van der Waals surface area contributed by atoms with Gasteiger partial charge in [0.25, 0.3) is 0 Å². The van der Waals surface area contributed by atoms with Gasteiger partial charge in [-0.15, -0.1) is 0 Å². The molecule has 1 heterocycles. The lowest BCUT2D eigenvalue weighted by atomic mass is 10.1. The zero-order valence-corrected chi connectivity index (χ0v) is 12.3. The monoisotopic (exact) mass is 277 g/mol. The van der Waals surface area contributed by atoms with Crippen molar-refractivity contribution < 1.29 is 9.53 Å². The molecule has 0 aliphatic carbocycles. The maximum atomic E-state index is 11.6. The summed E-state index contributed by atoms with van der Waals surface area (Å²) in [5.74, 6) is 0.418. The Labute approximate surface area is 120 Å². The zero-order chi connectivity index (χ0) is 14.7. The van der Waals surface area contributed by atoms with E-state index < -0.39 is 6.04 Å². The molecule has 3 N–H and O–H groups in total. The molecule has 1 atom stereocenters. The van der Waals surface area contributed by atoms with Crippen molar-refractivity contribution in [3.05, 3.63) is 23.8 Å². The van der Waals surface area contributed by atoms with E-state index in [1.807, 2.05) is 18.2 Å². The van der Waals surface area contributed by atoms with E-state index in [0.717, 1.165) is 30.0 Å². The molecule has 0 bridgehead atoms. The second-order valence-electron chi connectivity index (χ2n) is 5.57. The highest BCUT2D eigenvalue weighted by molar-refractivity contribution is 6.02. The minimum Gasteiger partial charge on any atom is -0.383 e. The van der Waals surface area contributed by atoms with Gasteiger partial charge in [-0.1, -0.05) is 19.9 Å². The zero-order valence-electron chi connectivity index (χ0n) is 12.3. The number of carbonyl (C=O) groups is 1. The molecule has 5 heteroatoms. The third-order valence-corrected chi connectivity index (χ3v) is 3.43. The average Bonchev–Trinajstić information content (AvgIpc) is 2.69. The van der Waals surface area contributed by atoms with Crippen LogP contribution in [0.3, 0.4) is 0 Å². The second-order valence-corrected chi connectivity index (χ2v) is 5.57. The van der Waals surface area contributed by atoms with Gasteiger partial charge in [-0.25, -0.2) is 0 Å². The number of rotatable bonds is 6. The molecular formula is C15H23N3O2. The number of carbonyl (C=O) groups excluding carboxylic acids is 1. The van der Waals surface area contributed by atoms with Crippen molar-refractivity contribution in [2.75, 3.05) is 37.0 Å². The number of ether oxygens (including phenoxy) is 1. The minimum absolute atomic E-state index is 0.135. The summed E-state index contributed by atoms with van der Waals surface area (Å²) in [7, 11) is 1.70. The van der Waals surface area contributed by atoms with E-state index in [1.54, 1.807) is 7.11 Å². The number of benzene rings is 1. The lowest BCUT2D eigenvalue weighted by Gasteiger charge is -2.27. The molecule has 0 saturated carbocycles. The summed E-state index contributed by atoms with van der Waals surface area (Å²) in [6.07, 6.45) is 0. The van der Waals surface area contributed by atoms with Crippen molar-refractivity contribution in [2.45, 2.75) is 19.9 Å². The van der Waals surface area contributed by atoms with Crippen molar-refractivity contribution >= 4 is 17.3 Å². The van der Waals surface area contributed by atoms with Crippen LogP contribution in [0.15, 0.2) is 18.2 Å². The Hall–Kier alpha value is -1.59. The van der Waals surface area contributed by atoms with Crippen LogP contribution in [0.1, 0.15) is 25.5 Å². The SMILES string of the molecule is COCCN(CC(C)C)c1ccc2c(c1)NC(=O)C2N. The number of nitrogens with one attached hydrogen (secondary N) is 1. The Morgan fingerprint density at radius 3 is 2.85 bits per heavy atom. The van der Waals surface area contributed by atoms with E-state index in [4.69, 9.17) is 10.5 Å². The number of methoxy groups -OCH3 is 1. The van der Waals surface area contributed by atoms with Gasteiger partial charge in [-0.2, -0.15) is 0 Å². The molecule has 0 fully saturated rings. The maximum absolute atomic E-state index is 11.6. The molecule has 1 amide bonds. The molecule has 0 radical (unpaired) electrons. The molecular weight excluding hydrogens is 254 g/mol. The molecule has 1 unspecified atom stereocenters. The van der Waals surface area contributed by atoms with Gasteiger partial charge < -0.3 is 20.7 Å². The van der Waals surface area contributed by atoms with E-state index in [9.17, 15) is 4.79 Å². The normalized spacial score (nSPS) is 17.2. The second kappa shape index (κ2) is 6.24. The van der Waals surface area contributed by atoms with Crippen molar-refractivity contribution in [3.63, 3.8) is 0 Å².